The molecule has 21 heavy (non-hydrogen) atoms. The molecule has 6 nitrogen and oxygen atoms in total. The Balaban J connectivity index is 1.96. The normalized spacial score (nSPS) is 15.1. The predicted octanol–water partition coefficient (Wildman–Crippen LogP) is 2.08. The van der Waals surface area contributed by atoms with Gasteiger partial charge in [0.2, 0.25) is 0 Å². The Hall–Kier alpha value is -2.24. The first-order valence-electron chi connectivity index (χ1n) is 7.03. The van der Waals surface area contributed by atoms with Crippen molar-refractivity contribution in [1.29, 1.82) is 0 Å². The molecule has 1 aliphatic heterocycles. The first-order valence-corrected chi connectivity index (χ1v) is 7.03. The Kier molecular flexibility index (Phi) is 3.04. The second-order valence-electron chi connectivity index (χ2n) is 6.30. The number of amides is 1. The van der Waals surface area contributed by atoms with Gasteiger partial charge in [0.25, 0.3) is 0 Å². The lowest BCUT2D eigenvalue weighted by Crippen LogP contribution is -2.37. The molecule has 0 saturated heterocycles. The molecule has 112 valence electrons. The van der Waals surface area contributed by atoms with Crippen LogP contribution >= 0.6 is 0 Å². The smallest absolute Gasteiger partial charge is 0.410 e. The van der Waals surface area contributed by atoms with E-state index in [1.54, 1.807) is 9.47 Å². The van der Waals surface area contributed by atoms with Crippen molar-refractivity contribution in [2.75, 3.05) is 6.54 Å². The third-order valence-corrected chi connectivity index (χ3v) is 3.48. The number of carbonyl (C=O) groups is 1. The Morgan fingerprint density at radius 1 is 1.29 bits per heavy atom. The number of nitrogens with one attached hydrogen (secondary N) is 1. The fraction of sp³-hybridized carbons (Fsp3) is 0.467. The summed E-state index contributed by atoms with van der Waals surface area (Å²) in [4.78, 5) is 28.7. The van der Waals surface area contributed by atoms with Crippen LogP contribution in [0.1, 0.15) is 26.3 Å². The molecule has 1 aromatic carbocycles. The average Bonchev–Trinajstić information content (AvgIpc) is 2.57. The van der Waals surface area contributed by atoms with Crippen molar-refractivity contribution in [3.05, 3.63) is 34.2 Å². The number of H-pyrrole nitrogens is 1. The molecule has 1 aromatic heterocycles. The van der Waals surface area contributed by atoms with Crippen molar-refractivity contribution in [3.63, 3.8) is 0 Å². The predicted molar refractivity (Wildman–Crippen MR) is 79.2 cm³/mol. The molecule has 1 N–H and O–H groups in total. The average molecular weight is 289 g/mol. The van der Waals surface area contributed by atoms with E-state index in [1.807, 2.05) is 39.0 Å². The van der Waals surface area contributed by atoms with Gasteiger partial charge in [-0.15, -0.1) is 0 Å². The summed E-state index contributed by atoms with van der Waals surface area (Å²) in [6, 6.07) is 5.70. The number of nitrogens with zero attached hydrogens (tertiary/aromatic N) is 2. The topological polar surface area (TPSA) is 67.3 Å². The summed E-state index contributed by atoms with van der Waals surface area (Å²) in [5.41, 5.74) is 1.98. The van der Waals surface area contributed by atoms with E-state index in [2.05, 4.69) is 4.98 Å². The molecule has 2 heterocycles. The van der Waals surface area contributed by atoms with Crippen LogP contribution in [0, 0.1) is 0 Å². The highest BCUT2D eigenvalue weighted by molar-refractivity contribution is 5.80. The van der Waals surface area contributed by atoms with Crippen LogP contribution < -0.4 is 5.69 Å². The van der Waals surface area contributed by atoms with Gasteiger partial charge >= 0.3 is 11.8 Å². The van der Waals surface area contributed by atoms with Crippen molar-refractivity contribution in [3.8, 4) is 0 Å². The van der Waals surface area contributed by atoms with Gasteiger partial charge in [0.05, 0.1) is 17.6 Å². The van der Waals surface area contributed by atoms with Gasteiger partial charge in [0.1, 0.15) is 5.60 Å². The van der Waals surface area contributed by atoms with Gasteiger partial charge in [-0.3, -0.25) is 4.57 Å². The molecular formula is C15H19N3O3. The summed E-state index contributed by atoms with van der Waals surface area (Å²) in [5, 5.41) is 0. The van der Waals surface area contributed by atoms with Crippen molar-refractivity contribution in [2.45, 2.75) is 39.5 Å². The van der Waals surface area contributed by atoms with E-state index in [1.165, 1.54) is 0 Å². The second-order valence-corrected chi connectivity index (χ2v) is 6.30. The minimum Gasteiger partial charge on any atom is -0.444 e. The van der Waals surface area contributed by atoms with E-state index in [0.717, 1.165) is 16.6 Å². The van der Waals surface area contributed by atoms with E-state index in [4.69, 9.17) is 4.74 Å². The summed E-state index contributed by atoms with van der Waals surface area (Å²) in [6.45, 7) is 6.90. The highest BCUT2D eigenvalue weighted by atomic mass is 16.6. The monoisotopic (exact) mass is 289 g/mol. The lowest BCUT2D eigenvalue weighted by Gasteiger charge is -2.26. The number of hydrogen-bond acceptors (Lipinski definition) is 3. The summed E-state index contributed by atoms with van der Waals surface area (Å²) in [7, 11) is 0. The number of imidazole rings is 1. The standard InChI is InChI=1S/C15H19N3O3/c1-15(2,3)21-14(20)17-7-8-18-12-10(9-17)5-4-6-11(12)16-13(18)19/h4-6H,7-9H2,1-3H3,(H,16,19). The van der Waals surface area contributed by atoms with Crippen LogP contribution in [-0.2, 0) is 17.8 Å². The van der Waals surface area contributed by atoms with E-state index >= 15 is 0 Å². The molecular weight excluding hydrogens is 270 g/mol. The summed E-state index contributed by atoms with van der Waals surface area (Å²) in [6.07, 6.45) is -0.346. The van der Waals surface area contributed by atoms with Gasteiger partial charge in [-0.1, -0.05) is 12.1 Å². The number of carbonyl (C=O) groups excluding carboxylic acids is 1. The molecule has 2 aromatic rings. The summed E-state index contributed by atoms with van der Waals surface area (Å²) >= 11 is 0. The molecule has 0 spiro atoms. The van der Waals surface area contributed by atoms with Crippen LogP contribution in [0.25, 0.3) is 11.0 Å². The number of aromatic amines is 1. The van der Waals surface area contributed by atoms with Crippen molar-refractivity contribution >= 4 is 17.1 Å². The lowest BCUT2D eigenvalue weighted by atomic mass is 10.2. The largest absolute Gasteiger partial charge is 0.444 e. The molecule has 0 bridgehead atoms. The van der Waals surface area contributed by atoms with Crippen LogP contribution in [0.15, 0.2) is 23.0 Å². The van der Waals surface area contributed by atoms with Gasteiger partial charge in [-0.25, -0.2) is 9.59 Å². The van der Waals surface area contributed by atoms with Crippen molar-refractivity contribution in [2.24, 2.45) is 0 Å². The second kappa shape index (κ2) is 4.65. The quantitative estimate of drug-likeness (QED) is 0.807. The van der Waals surface area contributed by atoms with Crippen LogP contribution in [0.3, 0.4) is 0 Å². The molecule has 0 unspecified atom stereocenters. The Labute approximate surface area is 122 Å². The minimum atomic E-state index is -0.526. The van der Waals surface area contributed by atoms with Gasteiger partial charge in [0, 0.05) is 13.1 Å². The first-order chi connectivity index (χ1) is 9.85. The Morgan fingerprint density at radius 3 is 2.76 bits per heavy atom. The van der Waals surface area contributed by atoms with Crippen molar-refractivity contribution in [1.82, 2.24) is 14.5 Å². The number of ether oxygens (including phenoxy) is 1. The summed E-state index contributed by atoms with van der Waals surface area (Å²) < 4.78 is 7.12. The zero-order valence-corrected chi connectivity index (χ0v) is 12.5. The third kappa shape index (κ3) is 2.53. The maximum Gasteiger partial charge on any atom is 0.410 e. The molecule has 0 aliphatic carbocycles. The van der Waals surface area contributed by atoms with E-state index in [9.17, 15) is 9.59 Å². The van der Waals surface area contributed by atoms with Crippen molar-refractivity contribution < 1.29 is 9.53 Å². The molecule has 1 amide bonds. The van der Waals surface area contributed by atoms with Crippen LogP contribution in [0.4, 0.5) is 4.79 Å². The molecule has 1 aliphatic rings. The Morgan fingerprint density at radius 2 is 2.05 bits per heavy atom. The molecule has 0 radical (unpaired) electrons. The maximum atomic E-state index is 12.3. The van der Waals surface area contributed by atoms with Gasteiger partial charge < -0.3 is 14.6 Å². The van der Waals surface area contributed by atoms with Crippen LogP contribution in [0.2, 0.25) is 0 Å². The van der Waals surface area contributed by atoms with E-state index in [-0.39, 0.29) is 11.8 Å². The van der Waals surface area contributed by atoms with Crippen LogP contribution in [0.5, 0.6) is 0 Å². The van der Waals surface area contributed by atoms with E-state index in [0.29, 0.717) is 19.6 Å². The molecule has 6 heteroatoms. The zero-order chi connectivity index (χ0) is 15.2. The maximum absolute atomic E-state index is 12.3. The van der Waals surface area contributed by atoms with Gasteiger partial charge in [-0.2, -0.15) is 0 Å². The fourth-order valence-corrected chi connectivity index (χ4v) is 2.62. The molecule has 0 saturated carbocycles. The molecule has 0 atom stereocenters. The number of hydrogen-bond donors (Lipinski definition) is 1. The van der Waals surface area contributed by atoms with E-state index < -0.39 is 5.60 Å². The first kappa shape index (κ1) is 13.7. The van der Waals surface area contributed by atoms with Gasteiger partial charge in [-0.05, 0) is 32.4 Å². The zero-order valence-electron chi connectivity index (χ0n) is 12.5. The van der Waals surface area contributed by atoms with Gasteiger partial charge in [0.15, 0.2) is 0 Å². The number of aromatic nitrogens is 2. The summed E-state index contributed by atoms with van der Waals surface area (Å²) in [5.74, 6) is 0. The highest BCUT2D eigenvalue weighted by Gasteiger charge is 2.25. The highest BCUT2D eigenvalue weighted by Crippen LogP contribution is 2.22. The number of para-hydroxylation sites is 1. The Bertz CT molecular complexity index is 752. The van der Waals surface area contributed by atoms with Crippen LogP contribution in [-0.4, -0.2) is 32.7 Å². The number of rotatable bonds is 0. The SMILES string of the molecule is CC(C)(C)OC(=O)N1CCn2c(=O)[nH]c3cccc(c32)C1. The molecule has 0 fully saturated rings. The molecule has 3 rings (SSSR count). The fourth-order valence-electron chi connectivity index (χ4n) is 2.62. The number of benzene rings is 1. The lowest BCUT2D eigenvalue weighted by molar-refractivity contribution is 0.0232. The third-order valence-electron chi connectivity index (χ3n) is 3.48. The minimum absolute atomic E-state index is 0.136.